The highest BCUT2D eigenvalue weighted by atomic mass is 32.1. The van der Waals surface area contributed by atoms with Crippen LogP contribution in [0.4, 0.5) is 13.2 Å². The van der Waals surface area contributed by atoms with E-state index < -0.39 is 11.9 Å². The van der Waals surface area contributed by atoms with Gasteiger partial charge in [0.15, 0.2) is 5.69 Å². The van der Waals surface area contributed by atoms with Crippen LogP contribution in [0.5, 0.6) is 0 Å². The Morgan fingerprint density at radius 2 is 1.90 bits per heavy atom. The molecule has 0 aliphatic carbocycles. The van der Waals surface area contributed by atoms with Crippen molar-refractivity contribution in [2.45, 2.75) is 31.4 Å². The summed E-state index contributed by atoms with van der Waals surface area (Å²) in [6.07, 6.45) is -3.29. The van der Waals surface area contributed by atoms with Gasteiger partial charge in [-0.15, -0.1) is 11.3 Å². The molecular formula is C19H17F3N4O2S. The number of amides is 1. The summed E-state index contributed by atoms with van der Waals surface area (Å²) in [5.41, 5.74) is -0.0774. The van der Waals surface area contributed by atoms with Crippen molar-refractivity contribution in [3.05, 3.63) is 52.3 Å². The van der Waals surface area contributed by atoms with Gasteiger partial charge in [-0.1, -0.05) is 35.5 Å². The number of rotatable bonds is 4. The van der Waals surface area contributed by atoms with Gasteiger partial charge in [-0.05, 0) is 12.8 Å². The lowest BCUT2D eigenvalue weighted by molar-refractivity contribution is -0.141. The van der Waals surface area contributed by atoms with Crippen molar-refractivity contribution in [1.29, 1.82) is 0 Å². The van der Waals surface area contributed by atoms with Crippen LogP contribution in [0, 0.1) is 0 Å². The van der Waals surface area contributed by atoms with Crippen LogP contribution in [0.15, 0.2) is 40.2 Å². The fourth-order valence-corrected chi connectivity index (χ4v) is 4.04. The van der Waals surface area contributed by atoms with Crippen LogP contribution < -0.4 is 0 Å². The van der Waals surface area contributed by atoms with Crippen LogP contribution in [0.1, 0.15) is 35.4 Å². The quantitative estimate of drug-likeness (QED) is 0.631. The van der Waals surface area contributed by atoms with Crippen molar-refractivity contribution in [2.75, 3.05) is 13.1 Å². The molecule has 0 radical (unpaired) electrons. The van der Waals surface area contributed by atoms with Gasteiger partial charge in [0.2, 0.25) is 17.6 Å². The molecule has 0 saturated carbocycles. The number of hydrogen-bond acceptors (Lipinski definition) is 6. The highest BCUT2D eigenvalue weighted by Gasteiger charge is 2.34. The minimum absolute atomic E-state index is 0.0562. The van der Waals surface area contributed by atoms with Crippen LogP contribution in [-0.4, -0.2) is 39.0 Å². The predicted molar refractivity (Wildman–Crippen MR) is 99.1 cm³/mol. The van der Waals surface area contributed by atoms with Gasteiger partial charge < -0.3 is 9.42 Å². The molecule has 1 aromatic carbocycles. The second kappa shape index (κ2) is 7.94. The molecule has 4 rings (SSSR count). The fourth-order valence-electron chi connectivity index (χ4n) is 3.24. The zero-order chi connectivity index (χ0) is 20.4. The molecule has 1 aliphatic heterocycles. The molecule has 0 spiro atoms. The molecule has 0 unspecified atom stereocenters. The average molecular weight is 422 g/mol. The minimum atomic E-state index is -4.49. The topological polar surface area (TPSA) is 72.1 Å². The van der Waals surface area contributed by atoms with E-state index in [2.05, 4.69) is 15.1 Å². The summed E-state index contributed by atoms with van der Waals surface area (Å²) in [5, 5.41) is 5.14. The van der Waals surface area contributed by atoms with E-state index in [-0.39, 0.29) is 23.3 Å². The fraction of sp³-hybridized carbons (Fsp3) is 0.368. The summed E-state index contributed by atoms with van der Waals surface area (Å²) in [6, 6.07) is 9.51. The highest BCUT2D eigenvalue weighted by molar-refractivity contribution is 7.09. The number of halogens is 3. The monoisotopic (exact) mass is 422 g/mol. The Kier molecular flexibility index (Phi) is 5.35. The second-order valence-corrected chi connectivity index (χ2v) is 7.72. The lowest BCUT2D eigenvalue weighted by atomic mass is 9.96. The third-order valence-corrected chi connectivity index (χ3v) is 5.66. The van der Waals surface area contributed by atoms with Crippen molar-refractivity contribution in [3.63, 3.8) is 0 Å². The Morgan fingerprint density at radius 3 is 2.55 bits per heavy atom. The third-order valence-electron chi connectivity index (χ3n) is 4.82. The molecule has 10 heteroatoms. The molecule has 1 amide bonds. The molecule has 152 valence electrons. The first-order chi connectivity index (χ1) is 13.9. The summed E-state index contributed by atoms with van der Waals surface area (Å²) in [4.78, 5) is 22.1. The van der Waals surface area contributed by atoms with Gasteiger partial charge in [-0.3, -0.25) is 4.79 Å². The van der Waals surface area contributed by atoms with Gasteiger partial charge in [-0.25, -0.2) is 4.98 Å². The van der Waals surface area contributed by atoms with Crippen LogP contribution in [0.25, 0.3) is 11.4 Å². The minimum Gasteiger partial charge on any atom is -0.342 e. The Balaban J connectivity index is 1.33. The zero-order valence-corrected chi connectivity index (χ0v) is 16.0. The molecule has 29 heavy (non-hydrogen) atoms. The predicted octanol–water partition coefficient (Wildman–Crippen LogP) is 4.16. The molecule has 6 nitrogen and oxygen atoms in total. The van der Waals surface area contributed by atoms with E-state index in [4.69, 9.17) is 4.52 Å². The normalized spacial score (nSPS) is 15.6. The number of carbonyl (C=O) groups excluding carboxylic acids is 1. The van der Waals surface area contributed by atoms with Gasteiger partial charge in [-0.2, -0.15) is 18.2 Å². The zero-order valence-electron chi connectivity index (χ0n) is 15.2. The second-order valence-electron chi connectivity index (χ2n) is 6.78. The maximum Gasteiger partial charge on any atom is 0.434 e. The van der Waals surface area contributed by atoms with Crippen molar-refractivity contribution >= 4 is 17.2 Å². The van der Waals surface area contributed by atoms with Crippen LogP contribution in [0.3, 0.4) is 0 Å². The average Bonchev–Trinajstić information content (AvgIpc) is 3.38. The Morgan fingerprint density at radius 1 is 1.17 bits per heavy atom. The van der Waals surface area contributed by atoms with Crippen molar-refractivity contribution in [1.82, 2.24) is 20.0 Å². The number of carbonyl (C=O) groups is 1. The van der Waals surface area contributed by atoms with E-state index in [1.165, 1.54) is 0 Å². The van der Waals surface area contributed by atoms with Crippen molar-refractivity contribution < 1.29 is 22.5 Å². The van der Waals surface area contributed by atoms with E-state index in [0.717, 1.165) is 22.3 Å². The Labute approximate surface area is 168 Å². The summed E-state index contributed by atoms with van der Waals surface area (Å²) >= 11 is 0.855. The molecule has 0 N–H and O–H groups in total. The molecule has 2 aromatic heterocycles. The number of likely N-dealkylation sites (tertiary alicyclic amines) is 1. The number of thiazole rings is 1. The molecule has 1 saturated heterocycles. The summed E-state index contributed by atoms with van der Waals surface area (Å²) in [5.74, 6) is 0.914. The first-order valence-electron chi connectivity index (χ1n) is 9.08. The number of benzene rings is 1. The van der Waals surface area contributed by atoms with E-state index in [9.17, 15) is 18.0 Å². The van der Waals surface area contributed by atoms with Gasteiger partial charge in [0.25, 0.3) is 0 Å². The standard InChI is InChI=1S/C19H17F3N4O2S/c20-19(21,22)14-11-29-15(23-14)10-16(27)26-8-6-13(7-9-26)18-24-17(25-28-18)12-4-2-1-3-5-12/h1-5,11,13H,6-10H2. The first kappa shape index (κ1) is 19.6. The van der Waals surface area contributed by atoms with Gasteiger partial charge in [0.05, 0.1) is 6.42 Å². The van der Waals surface area contributed by atoms with Crippen molar-refractivity contribution in [2.24, 2.45) is 0 Å². The SMILES string of the molecule is O=C(Cc1nc(C(F)(F)F)cs1)N1CCC(c2nc(-c3ccccc3)no2)CC1. The maximum absolute atomic E-state index is 12.6. The van der Waals surface area contributed by atoms with Gasteiger partial charge >= 0.3 is 6.18 Å². The molecule has 0 bridgehead atoms. The van der Waals surface area contributed by atoms with Gasteiger partial charge in [0, 0.05) is 30.0 Å². The van der Waals surface area contributed by atoms with Crippen LogP contribution in [0.2, 0.25) is 0 Å². The lowest BCUT2D eigenvalue weighted by Crippen LogP contribution is -2.38. The van der Waals surface area contributed by atoms with Crippen LogP contribution >= 0.6 is 11.3 Å². The molecule has 3 aromatic rings. The number of piperidine rings is 1. The third kappa shape index (κ3) is 4.47. The van der Waals surface area contributed by atoms with Crippen molar-refractivity contribution in [3.8, 4) is 11.4 Å². The summed E-state index contributed by atoms with van der Waals surface area (Å²) in [7, 11) is 0. The Hall–Kier alpha value is -2.75. The number of aromatic nitrogens is 3. The van der Waals surface area contributed by atoms with Gasteiger partial charge in [0.1, 0.15) is 5.01 Å². The van der Waals surface area contributed by atoms with E-state index in [1.807, 2.05) is 30.3 Å². The summed E-state index contributed by atoms with van der Waals surface area (Å²) < 4.78 is 43.3. The first-order valence-corrected chi connectivity index (χ1v) is 9.96. The molecule has 1 aliphatic rings. The molecule has 0 atom stereocenters. The van der Waals surface area contributed by atoms with E-state index in [1.54, 1.807) is 4.90 Å². The van der Waals surface area contributed by atoms with E-state index in [0.29, 0.717) is 37.6 Å². The number of nitrogens with zero attached hydrogens (tertiary/aromatic N) is 4. The van der Waals surface area contributed by atoms with Crippen LogP contribution in [-0.2, 0) is 17.4 Å². The highest BCUT2D eigenvalue weighted by Crippen LogP contribution is 2.31. The number of alkyl halides is 3. The van der Waals surface area contributed by atoms with E-state index >= 15 is 0 Å². The molecule has 3 heterocycles. The summed E-state index contributed by atoms with van der Waals surface area (Å²) in [6.45, 7) is 0.980. The lowest BCUT2D eigenvalue weighted by Gasteiger charge is -2.30. The molecular weight excluding hydrogens is 405 g/mol. The maximum atomic E-state index is 12.6. The number of hydrogen-bond donors (Lipinski definition) is 0. The largest absolute Gasteiger partial charge is 0.434 e. The Bertz CT molecular complexity index is 979. The smallest absolute Gasteiger partial charge is 0.342 e. The molecule has 1 fully saturated rings.